The molecule has 1 aromatic carbocycles. The molecule has 3 heteroatoms. The molecule has 1 N–H and O–H groups in total. The summed E-state index contributed by atoms with van der Waals surface area (Å²) < 4.78 is 0. The Balaban J connectivity index is 2.47. The largest absolute Gasteiger partial charge is 0.313 e. The first-order valence-corrected chi connectivity index (χ1v) is 6.14. The molecule has 0 spiro atoms. The average Bonchev–Trinajstić information content (AvgIpc) is 2.27. The molecule has 0 bridgehead atoms. The molecule has 2 nitrogen and oxygen atoms in total. The van der Waals surface area contributed by atoms with E-state index in [0.717, 1.165) is 19.5 Å². The van der Waals surface area contributed by atoms with Gasteiger partial charge >= 0.3 is 0 Å². The Morgan fingerprint density at radius 1 is 1.47 bits per heavy atom. The fourth-order valence-electron chi connectivity index (χ4n) is 1.27. The summed E-state index contributed by atoms with van der Waals surface area (Å²) >= 11 is 1.58. The number of hydrogen-bond acceptors (Lipinski definition) is 3. The van der Waals surface area contributed by atoms with E-state index in [4.69, 9.17) is 5.26 Å². The molecule has 0 aliphatic rings. The number of rotatable bonds is 6. The molecule has 1 rings (SSSR count). The molecular formula is C12H16N2S. The maximum atomic E-state index is 8.49. The number of nitrogens with zero attached hydrogens (tertiary/aromatic N) is 1. The van der Waals surface area contributed by atoms with E-state index in [1.807, 2.05) is 12.1 Å². The van der Waals surface area contributed by atoms with Gasteiger partial charge in [0.05, 0.1) is 11.8 Å². The van der Waals surface area contributed by atoms with Crippen LogP contribution in [0.5, 0.6) is 0 Å². The molecular weight excluding hydrogens is 204 g/mol. The van der Waals surface area contributed by atoms with E-state index in [2.05, 4.69) is 30.4 Å². The quantitative estimate of drug-likeness (QED) is 0.591. The van der Waals surface area contributed by atoms with Gasteiger partial charge in [-0.05, 0) is 30.7 Å². The summed E-state index contributed by atoms with van der Waals surface area (Å²) in [6.07, 6.45) is 1.16. The molecule has 15 heavy (non-hydrogen) atoms. The minimum atomic E-state index is 0.520. The number of hydrogen-bond donors (Lipinski definition) is 1. The van der Waals surface area contributed by atoms with E-state index in [1.54, 1.807) is 11.8 Å². The molecule has 0 unspecified atom stereocenters. The molecule has 0 fully saturated rings. The van der Waals surface area contributed by atoms with Gasteiger partial charge in [0.2, 0.25) is 0 Å². The Morgan fingerprint density at radius 3 is 3.07 bits per heavy atom. The highest BCUT2D eigenvalue weighted by Crippen LogP contribution is 2.18. The van der Waals surface area contributed by atoms with Crippen molar-refractivity contribution in [2.24, 2.45) is 0 Å². The summed E-state index contributed by atoms with van der Waals surface area (Å²) in [5.41, 5.74) is 1.28. The molecule has 0 heterocycles. The number of benzene rings is 1. The molecule has 0 saturated heterocycles. The van der Waals surface area contributed by atoms with Crippen LogP contribution in [0.1, 0.15) is 18.9 Å². The first-order chi connectivity index (χ1) is 7.36. The van der Waals surface area contributed by atoms with E-state index in [9.17, 15) is 0 Å². The summed E-state index contributed by atoms with van der Waals surface area (Å²) in [5.74, 6) is 0.520. The highest BCUT2D eigenvalue weighted by atomic mass is 32.2. The van der Waals surface area contributed by atoms with Gasteiger partial charge < -0.3 is 5.32 Å². The van der Waals surface area contributed by atoms with E-state index in [0.29, 0.717) is 5.75 Å². The lowest BCUT2D eigenvalue weighted by molar-refractivity contribution is 0.674. The van der Waals surface area contributed by atoms with Crippen molar-refractivity contribution in [1.82, 2.24) is 5.32 Å². The third kappa shape index (κ3) is 4.87. The second-order valence-electron chi connectivity index (χ2n) is 3.27. The van der Waals surface area contributed by atoms with Crippen LogP contribution in [0.3, 0.4) is 0 Å². The van der Waals surface area contributed by atoms with Gasteiger partial charge in [0.15, 0.2) is 0 Å². The minimum Gasteiger partial charge on any atom is -0.313 e. The topological polar surface area (TPSA) is 35.8 Å². The van der Waals surface area contributed by atoms with Gasteiger partial charge in [0, 0.05) is 11.4 Å². The van der Waals surface area contributed by atoms with Crippen molar-refractivity contribution in [3.05, 3.63) is 29.8 Å². The van der Waals surface area contributed by atoms with Crippen LogP contribution in [0.2, 0.25) is 0 Å². The van der Waals surface area contributed by atoms with Crippen molar-refractivity contribution in [2.45, 2.75) is 24.8 Å². The molecule has 0 atom stereocenters. The van der Waals surface area contributed by atoms with Gasteiger partial charge in [0.1, 0.15) is 0 Å². The van der Waals surface area contributed by atoms with Crippen molar-refractivity contribution >= 4 is 11.8 Å². The lowest BCUT2D eigenvalue weighted by Crippen LogP contribution is -2.13. The van der Waals surface area contributed by atoms with Crippen molar-refractivity contribution < 1.29 is 0 Å². The molecule has 80 valence electrons. The van der Waals surface area contributed by atoms with Gasteiger partial charge in [-0.15, -0.1) is 11.8 Å². The van der Waals surface area contributed by atoms with Gasteiger partial charge in [0.25, 0.3) is 0 Å². The molecule has 1 aromatic rings. The maximum Gasteiger partial charge on any atom is 0.0855 e. The highest BCUT2D eigenvalue weighted by molar-refractivity contribution is 7.99. The Morgan fingerprint density at radius 2 is 2.33 bits per heavy atom. The standard InChI is InChI=1S/C12H16N2S/c1-2-7-14-10-11-4-3-5-12(9-11)15-8-6-13/h3-5,9,14H,2,7-8,10H2,1H3. The molecule has 0 aliphatic carbocycles. The fourth-order valence-corrected chi connectivity index (χ4v) is 1.91. The van der Waals surface area contributed by atoms with Crippen LogP contribution in [0.4, 0.5) is 0 Å². The van der Waals surface area contributed by atoms with Crippen LogP contribution in [0.25, 0.3) is 0 Å². The summed E-state index contributed by atoms with van der Waals surface area (Å²) in [5, 5.41) is 11.8. The van der Waals surface area contributed by atoms with Crippen LogP contribution in [0.15, 0.2) is 29.2 Å². The number of nitriles is 1. The van der Waals surface area contributed by atoms with E-state index >= 15 is 0 Å². The number of thioether (sulfide) groups is 1. The first-order valence-electron chi connectivity index (χ1n) is 5.16. The summed E-state index contributed by atoms with van der Waals surface area (Å²) in [4.78, 5) is 1.17. The van der Waals surface area contributed by atoms with Gasteiger partial charge in [-0.1, -0.05) is 19.1 Å². The first kappa shape index (κ1) is 12.1. The third-order valence-corrected chi connectivity index (χ3v) is 2.82. The Kier molecular flexibility index (Phi) is 5.91. The van der Waals surface area contributed by atoms with Gasteiger partial charge in [-0.2, -0.15) is 5.26 Å². The lowest BCUT2D eigenvalue weighted by atomic mass is 10.2. The zero-order valence-corrected chi connectivity index (χ0v) is 9.81. The zero-order chi connectivity index (χ0) is 10.9. The van der Waals surface area contributed by atoms with E-state index < -0.39 is 0 Å². The second kappa shape index (κ2) is 7.33. The second-order valence-corrected chi connectivity index (χ2v) is 4.32. The van der Waals surface area contributed by atoms with Crippen molar-refractivity contribution in [1.29, 1.82) is 5.26 Å². The Bertz CT molecular complexity index is 331. The monoisotopic (exact) mass is 220 g/mol. The average molecular weight is 220 g/mol. The van der Waals surface area contributed by atoms with Crippen molar-refractivity contribution in [3.8, 4) is 6.07 Å². The summed E-state index contributed by atoms with van der Waals surface area (Å²) in [7, 11) is 0. The Labute approximate surface area is 95.7 Å². The van der Waals surface area contributed by atoms with Crippen LogP contribution >= 0.6 is 11.8 Å². The third-order valence-electron chi connectivity index (χ3n) is 1.96. The predicted molar refractivity (Wildman–Crippen MR) is 64.8 cm³/mol. The summed E-state index contributed by atoms with van der Waals surface area (Å²) in [6, 6.07) is 10.5. The van der Waals surface area contributed by atoms with Crippen LogP contribution in [-0.4, -0.2) is 12.3 Å². The van der Waals surface area contributed by atoms with Crippen LogP contribution in [0, 0.1) is 11.3 Å². The normalized spacial score (nSPS) is 9.87. The SMILES string of the molecule is CCCNCc1cccc(SCC#N)c1. The van der Waals surface area contributed by atoms with Crippen LogP contribution < -0.4 is 5.32 Å². The predicted octanol–water partition coefficient (Wildman–Crippen LogP) is 2.80. The molecule has 0 saturated carbocycles. The fraction of sp³-hybridized carbons (Fsp3) is 0.417. The minimum absolute atomic E-state index is 0.520. The van der Waals surface area contributed by atoms with E-state index in [1.165, 1.54) is 10.5 Å². The lowest BCUT2D eigenvalue weighted by Gasteiger charge is -2.04. The molecule has 0 amide bonds. The van der Waals surface area contributed by atoms with Crippen molar-refractivity contribution in [2.75, 3.05) is 12.3 Å². The Hall–Kier alpha value is -0.980. The smallest absolute Gasteiger partial charge is 0.0855 e. The highest BCUT2D eigenvalue weighted by Gasteiger charge is 1.96. The van der Waals surface area contributed by atoms with Crippen molar-refractivity contribution in [3.63, 3.8) is 0 Å². The van der Waals surface area contributed by atoms with Gasteiger partial charge in [-0.25, -0.2) is 0 Å². The van der Waals surface area contributed by atoms with E-state index in [-0.39, 0.29) is 0 Å². The number of nitrogens with one attached hydrogen (secondary N) is 1. The summed E-state index contributed by atoms with van der Waals surface area (Å²) in [6.45, 7) is 4.12. The van der Waals surface area contributed by atoms with Gasteiger partial charge in [-0.3, -0.25) is 0 Å². The van der Waals surface area contributed by atoms with Crippen LogP contribution in [-0.2, 0) is 6.54 Å². The molecule has 0 aliphatic heterocycles. The maximum absolute atomic E-state index is 8.49. The molecule has 0 radical (unpaired) electrons. The zero-order valence-electron chi connectivity index (χ0n) is 8.99. The molecule has 0 aromatic heterocycles.